The van der Waals surface area contributed by atoms with E-state index in [0.717, 1.165) is 24.6 Å². The van der Waals surface area contributed by atoms with Crippen LogP contribution in [0.2, 0.25) is 18.1 Å². The highest BCUT2D eigenvalue weighted by Crippen LogP contribution is 2.27. The van der Waals surface area contributed by atoms with E-state index in [-0.39, 0.29) is 17.8 Å². The van der Waals surface area contributed by atoms with Gasteiger partial charge in [-0.3, -0.25) is 4.79 Å². The SMILES string of the molecule is CC[Si](CC)(CC)O[C@@H](CCOCc1ccccc1)[C@@H](C)C(C)=O. The molecular formula is C20H34O3Si. The Bertz CT molecular complexity index is 463. The number of hydrogen-bond acceptors (Lipinski definition) is 3. The van der Waals surface area contributed by atoms with Crippen molar-refractivity contribution in [2.24, 2.45) is 5.92 Å². The van der Waals surface area contributed by atoms with Gasteiger partial charge in [-0.05, 0) is 37.0 Å². The van der Waals surface area contributed by atoms with Crippen LogP contribution in [0.3, 0.4) is 0 Å². The molecular weight excluding hydrogens is 316 g/mol. The first-order valence-corrected chi connectivity index (χ1v) is 11.8. The summed E-state index contributed by atoms with van der Waals surface area (Å²) in [6.07, 6.45) is 0.757. The van der Waals surface area contributed by atoms with Crippen LogP contribution in [0.5, 0.6) is 0 Å². The van der Waals surface area contributed by atoms with Gasteiger partial charge in [0.1, 0.15) is 5.78 Å². The number of benzene rings is 1. The van der Waals surface area contributed by atoms with E-state index in [4.69, 9.17) is 9.16 Å². The van der Waals surface area contributed by atoms with Crippen molar-refractivity contribution in [2.45, 2.75) is 71.9 Å². The van der Waals surface area contributed by atoms with Gasteiger partial charge in [0.15, 0.2) is 8.32 Å². The molecule has 2 atom stereocenters. The van der Waals surface area contributed by atoms with Gasteiger partial charge in [0.05, 0.1) is 12.7 Å². The Hall–Kier alpha value is -0.973. The molecule has 136 valence electrons. The van der Waals surface area contributed by atoms with Gasteiger partial charge in [-0.1, -0.05) is 58.0 Å². The second kappa shape index (κ2) is 10.8. The molecule has 0 aliphatic carbocycles. The smallest absolute Gasteiger partial charge is 0.192 e. The van der Waals surface area contributed by atoms with Crippen LogP contribution in [0, 0.1) is 5.92 Å². The maximum absolute atomic E-state index is 11.9. The molecule has 0 N–H and O–H groups in total. The van der Waals surface area contributed by atoms with Crippen LogP contribution in [0.1, 0.15) is 46.6 Å². The average molecular weight is 351 g/mol. The molecule has 0 unspecified atom stereocenters. The third-order valence-corrected chi connectivity index (χ3v) is 9.86. The monoisotopic (exact) mass is 350 g/mol. The summed E-state index contributed by atoms with van der Waals surface area (Å²) in [6.45, 7) is 11.6. The topological polar surface area (TPSA) is 35.5 Å². The van der Waals surface area contributed by atoms with Crippen molar-refractivity contribution in [2.75, 3.05) is 6.61 Å². The normalized spacial score (nSPS) is 14.4. The molecule has 0 aliphatic rings. The van der Waals surface area contributed by atoms with Gasteiger partial charge in [0, 0.05) is 12.5 Å². The van der Waals surface area contributed by atoms with Gasteiger partial charge >= 0.3 is 0 Å². The number of carbonyl (C=O) groups excluding carboxylic acids is 1. The first-order valence-electron chi connectivity index (χ1n) is 9.28. The standard InChI is InChI=1S/C20H34O3Si/c1-6-24(7-2,8-3)23-20(17(4)18(5)21)14-15-22-16-19-12-10-9-11-13-19/h9-13,17,20H,6-8,14-16H2,1-5H3/t17-,20-/m0/s1. The van der Waals surface area contributed by atoms with Gasteiger partial charge in [-0.2, -0.15) is 0 Å². The van der Waals surface area contributed by atoms with Gasteiger partial charge < -0.3 is 9.16 Å². The van der Waals surface area contributed by atoms with Crippen LogP contribution in [0.15, 0.2) is 30.3 Å². The van der Waals surface area contributed by atoms with E-state index in [0.29, 0.717) is 13.2 Å². The Balaban J connectivity index is 2.60. The van der Waals surface area contributed by atoms with E-state index in [1.165, 1.54) is 5.56 Å². The Morgan fingerprint density at radius 2 is 1.67 bits per heavy atom. The first kappa shape index (κ1) is 21.1. The third-order valence-electron chi connectivity index (χ3n) is 5.19. The fourth-order valence-electron chi connectivity index (χ4n) is 2.96. The number of hydrogen-bond donors (Lipinski definition) is 0. The highest BCUT2D eigenvalue weighted by Gasteiger charge is 2.34. The number of carbonyl (C=O) groups is 1. The van der Waals surface area contributed by atoms with Gasteiger partial charge in [-0.25, -0.2) is 0 Å². The summed E-state index contributed by atoms with van der Waals surface area (Å²) in [5, 5.41) is 0. The molecule has 0 aromatic heterocycles. The summed E-state index contributed by atoms with van der Waals surface area (Å²) in [7, 11) is -1.72. The first-order chi connectivity index (χ1) is 11.5. The molecule has 3 nitrogen and oxygen atoms in total. The lowest BCUT2D eigenvalue weighted by molar-refractivity contribution is -0.123. The molecule has 0 saturated heterocycles. The van der Waals surface area contributed by atoms with Crippen LogP contribution in [-0.2, 0) is 20.6 Å². The second-order valence-corrected chi connectivity index (χ2v) is 11.3. The number of Topliss-reactive ketones (excluding diaryl/α,β-unsaturated/α-hetero) is 1. The molecule has 1 rings (SSSR count). The van der Waals surface area contributed by atoms with E-state index >= 15 is 0 Å². The van der Waals surface area contributed by atoms with Crippen LogP contribution < -0.4 is 0 Å². The molecule has 0 heterocycles. The van der Waals surface area contributed by atoms with Crippen LogP contribution in [-0.4, -0.2) is 26.8 Å². The summed E-state index contributed by atoms with van der Waals surface area (Å²) in [5.74, 6) is 0.135. The lowest BCUT2D eigenvalue weighted by Crippen LogP contribution is -2.43. The molecule has 0 amide bonds. The van der Waals surface area contributed by atoms with Crippen molar-refractivity contribution in [1.82, 2.24) is 0 Å². The number of ether oxygens (including phenoxy) is 1. The predicted molar refractivity (Wildman–Crippen MR) is 103 cm³/mol. The van der Waals surface area contributed by atoms with Gasteiger partial charge in [0.25, 0.3) is 0 Å². The molecule has 0 saturated carbocycles. The fraction of sp³-hybridized carbons (Fsp3) is 0.650. The maximum atomic E-state index is 11.9. The summed E-state index contributed by atoms with van der Waals surface area (Å²) in [4.78, 5) is 11.9. The van der Waals surface area contributed by atoms with Crippen molar-refractivity contribution in [3.05, 3.63) is 35.9 Å². The van der Waals surface area contributed by atoms with Crippen molar-refractivity contribution >= 4 is 14.1 Å². The quantitative estimate of drug-likeness (QED) is 0.383. The largest absolute Gasteiger partial charge is 0.413 e. The summed E-state index contributed by atoms with van der Waals surface area (Å²) in [5.41, 5.74) is 1.17. The zero-order valence-corrected chi connectivity index (χ0v) is 17.0. The molecule has 0 bridgehead atoms. The average Bonchev–Trinajstić information content (AvgIpc) is 2.62. The lowest BCUT2D eigenvalue weighted by Gasteiger charge is -2.35. The van der Waals surface area contributed by atoms with Gasteiger partial charge in [0.2, 0.25) is 0 Å². The lowest BCUT2D eigenvalue weighted by atomic mass is 9.98. The van der Waals surface area contributed by atoms with Crippen molar-refractivity contribution in [3.8, 4) is 0 Å². The van der Waals surface area contributed by atoms with Gasteiger partial charge in [-0.15, -0.1) is 0 Å². The van der Waals surface area contributed by atoms with E-state index < -0.39 is 8.32 Å². The maximum Gasteiger partial charge on any atom is 0.192 e. The number of ketones is 1. The minimum absolute atomic E-state index is 0.0233. The molecule has 24 heavy (non-hydrogen) atoms. The van der Waals surface area contributed by atoms with Crippen molar-refractivity contribution in [3.63, 3.8) is 0 Å². The third kappa shape index (κ3) is 6.50. The predicted octanol–water partition coefficient (Wildman–Crippen LogP) is 5.21. The summed E-state index contributed by atoms with van der Waals surface area (Å²) < 4.78 is 12.4. The Labute approximate surface area is 148 Å². The van der Waals surface area contributed by atoms with Crippen molar-refractivity contribution in [1.29, 1.82) is 0 Å². The van der Waals surface area contributed by atoms with Crippen LogP contribution >= 0.6 is 0 Å². The van der Waals surface area contributed by atoms with Crippen LogP contribution in [0.25, 0.3) is 0 Å². The molecule has 0 fully saturated rings. The Morgan fingerprint density at radius 1 is 1.08 bits per heavy atom. The fourth-order valence-corrected chi connectivity index (χ4v) is 5.92. The highest BCUT2D eigenvalue weighted by atomic mass is 28.4. The zero-order chi connectivity index (χ0) is 18.0. The minimum Gasteiger partial charge on any atom is -0.413 e. The van der Waals surface area contributed by atoms with E-state index in [1.807, 2.05) is 25.1 Å². The summed E-state index contributed by atoms with van der Waals surface area (Å²) >= 11 is 0. The minimum atomic E-state index is -1.72. The van der Waals surface area contributed by atoms with E-state index in [2.05, 4.69) is 32.9 Å². The molecule has 1 aromatic rings. The summed E-state index contributed by atoms with van der Waals surface area (Å²) in [6, 6.07) is 13.5. The molecule has 0 spiro atoms. The zero-order valence-electron chi connectivity index (χ0n) is 16.0. The second-order valence-electron chi connectivity index (χ2n) is 6.63. The molecule has 0 aliphatic heterocycles. The molecule has 4 heteroatoms. The molecule has 0 radical (unpaired) electrons. The Morgan fingerprint density at radius 3 is 2.17 bits per heavy atom. The Kier molecular flexibility index (Phi) is 9.48. The van der Waals surface area contributed by atoms with E-state index in [9.17, 15) is 4.79 Å². The van der Waals surface area contributed by atoms with E-state index in [1.54, 1.807) is 6.92 Å². The van der Waals surface area contributed by atoms with Crippen LogP contribution in [0.4, 0.5) is 0 Å². The molecule has 1 aromatic carbocycles. The highest BCUT2D eigenvalue weighted by molar-refractivity contribution is 6.73. The number of rotatable bonds is 12. The van der Waals surface area contributed by atoms with Crippen molar-refractivity contribution < 1.29 is 14.0 Å².